The minimum Gasteiger partial charge on any atom is -0.304 e. The smallest absolute Gasteiger partial charge is 0.251 e. The Kier molecular flexibility index (Phi) is 5.08. The van der Waals surface area contributed by atoms with E-state index in [-0.39, 0.29) is 24.3 Å². The van der Waals surface area contributed by atoms with Gasteiger partial charge in [0.05, 0.1) is 18.2 Å². The van der Waals surface area contributed by atoms with Crippen molar-refractivity contribution in [1.82, 2.24) is 10.2 Å². The summed E-state index contributed by atoms with van der Waals surface area (Å²) >= 11 is 0. The van der Waals surface area contributed by atoms with E-state index in [1.54, 1.807) is 0 Å². The van der Waals surface area contributed by atoms with Gasteiger partial charge in [-0.05, 0) is 45.0 Å². The molecule has 5 nitrogen and oxygen atoms in total. The monoisotopic (exact) mass is 315 g/mol. The molecule has 2 heterocycles. The van der Waals surface area contributed by atoms with Crippen molar-refractivity contribution in [3.63, 3.8) is 0 Å². The van der Waals surface area contributed by atoms with Crippen LogP contribution in [0.15, 0.2) is 24.3 Å². The molecule has 2 aliphatic rings. The molecule has 2 saturated heterocycles. The second-order valence-corrected chi connectivity index (χ2v) is 6.52. The highest BCUT2D eigenvalue weighted by molar-refractivity contribution is 6.22. The Labute approximate surface area is 137 Å². The Morgan fingerprint density at radius 2 is 1.78 bits per heavy atom. The highest BCUT2D eigenvalue weighted by atomic mass is 16.2. The Balaban J connectivity index is 1.54. The summed E-state index contributed by atoms with van der Waals surface area (Å²) < 4.78 is 0. The van der Waals surface area contributed by atoms with E-state index in [1.165, 1.54) is 24.2 Å². The third kappa shape index (κ3) is 3.79. The van der Waals surface area contributed by atoms with Gasteiger partial charge in [-0.1, -0.05) is 24.1 Å². The van der Waals surface area contributed by atoms with Gasteiger partial charge in [-0.25, -0.2) is 4.90 Å². The van der Waals surface area contributed by atoms with Gasteiger partial charge in [-0.3, -0.25) is 9.59 Å². The van der Waals surface area contributed by atoms with Gasteiger partial charge in [0, 0.05) is 13.1 Å². The first-order valence-electron chi connectivity index (χ1n) is 8.54. The minimum absolute atomic E-state index is 0.116. The fourth-order valence-electron chi connectivity index (χ4n) is 3.34. The number of carbonyl (C=O) groups excluding carboxylic acids is 2. The average molecular weight is 315 g/mol. The van der Waals surface area contributed by atoms with Crippen molar-refractivity contribution in [2.45, 2.75) is 38.6 Å². The lowest BCUT2D eigenvalue weighted by molar-refractivity contribution is -0.121. The van der Waals surface area contributed by atoms with Gasteiger partial charge in [0.15, 0.2) is 0 Å². The number of carbonyl (C=O) groups is 2. The molecule has 3 rings (SSSR count). The van der Waals surface area contributed by atoms with Gasteiger partial charge in [0.1, 0.15) is 0 Å². The molecule has 1 aromatic rings. The average Bonchev–Trinajstić information content (AvgIpc) is 2.84. The summed E-state index contributed by atoms with van der Waals surface area (Å²) in [6, 6.07) is 7.14. The van der Waals surface area contributed by atoms with Crippen molar-refractivity contribution < 1.29 is 9.59 Å². The van der Waals surface area contributed by atoms with E-state index in [0.29, 0.717) is 5.69 Å². The molecule has 1 aromatic carbocycles. The van der Waals surface area contributed by atoms with Crippen molar-refractivity contribution in [2.75, 3.05) is 31.1 Å². The maximum absolute atomic E-state index is 12.5. The molecular weight excluding hydrogens is 290 g/mol. The number of imide groups is 1. The predicted molar refractivity (Wildman–Crippen MR) is 90.4 cm³/mol. The van der Waals surface area contributed by atoms with E-state index < -0.39 is 0 Å². The van der Waals surface area contributed by atoms with E-state index in [9.17, 15) is 9.59 Å². The lowest BCUT2D eigenvalue weighted by atomic mass is 10.1. The van der Waals surface area contributed by atoms with Crippen LogP contribution in [-0.2, 0) is 9.59 Å². The molecule has 1 unspecified atom stereocenters. The summed E-state index contributed by atoms with van der Waals surface area (Å²) in [5.41, 5.74) is 1.79. The van der Waals surface area contributed by atoms with Crippen LogP contribution >= 0.6 is 0 Å². The molecule has 0 aliphatic carbocycles. The number of hydrogen-bond acceptors (Lipinski definition) is 4. The molecule has 0 bridgehead atoms. The summed E-state index contributed by atoms with van der Waals surface area (Å²) in [7, 11) is 0. The standard InChI is InChI=1S/C18H25N3O2/c1-14-5-7-15(8-6-14)21-17(22)13-16(18(21)23)19-9-12-20-10-3-2-4-11-20/h5-8,16,19H,2-4,9-13H2,1H3. The van der Waals surface area contributed by atoms with Crippen molar-refractivity contribution >= 4 is 17.5 Å². The fourth-order valence-corrected chi connectivity index (χ4v) is 3.34. The van der Waals surface area contributed by atoms with Crippen LogP contribution in [0.3, 0.4) is 0 Å². The van der Waals surface area contributed by atoms with E-state index in [0.717, 1.165) is 31.7 Å². The number of anilines is 1. The number of hydrogen-bond donors (Lipinski definition) is 1. The number of aryl methyl sites for hydroxylation is 1. The summed E-state index contributed by atoms with van der Waals surface area (Å²) in [5.74, 6) is -0.244. The Hall–Kier alpha value is -1.72. The van der Waals surface area contributed by atoms with Crippen LogP contribution in [0.4, 0.5) is 5.69 Å². The third-order valence-corrected chi connectivity index (χ3v) is 4.71. The maximum Gasteiger partial charge on any atom is 0.251 e. The van der Waals surface area contributed by atoms with Crippen LogP contribution in [0.25, 0.3) is 0 Å². The molecule has 2 aliphatic heterocycles. The van der Waals surface area contributed by atoms with Gasteiger partial charge >= 0.3 is 0 Å². The number of nitrogens with zero attached hydrogens (tertiary/aromatic N) is 2. The molecule has 0 spiro atoms. The van der Waals surface area contributed by atoms with Gasteiger partial charge in [0.2, 0.25) is 5.91 Å². The van der Waals surface area contributed by atoms with Crippen LogP contribution in [0, 0.1) is 6.92 Å². The molecule has 0 aromatic heterocycles. The quantitative estimate of drug-likeness (QED) is 0.841. The number of nitrogens with one attached hydrogen (secondary N) is 1. The highest BCUT2D eigenvalue weighted by Crippen LogP contribution is 2.23. The number of likely N-dealkylation sites (tertiary alicyclic amines) is 1. The zero-order chi connectivity index (χ0) is 16.2. The summed E-state index contributed by atoms with van der Waals surface area (Å²) in [6.07, 6.45) is 4.11. The van der Waals surface area contributed by atoms with Crippen LogP contribution in [0.1, 0.15) is 31.2 Å². The van der Waals surface area contributed by atoms with Crippen LogP contribution < -0.4 is 10.2 Å². The Bertz CT molecular complexity index is 564. The van der Waals surface area contributed by atoms with Crippen LogP contribution in [0.2, 0.25) is 0 Å². The lowest BCUT2D eigenvalue weighted by Gasteiger charge is -2.26. The van der Waals surface area contributed by atoms with Crippen molar-refractivity contribution in [3.8, 4) is 0 Å². The van der Waals surface area contributed by atoms with Crippen molar-refractivity contribution in [3.05, 3.63) is 29.8 Å². The summed E-state index contributed by atoms with van der Waals surface area (Å²) in [4.78, 5) is 28.5. The summed E-state index contributed by atoms with van der Waals surface area (Å²) in [6.45, 7) is 5.99. The number of rotatable bonds is 5. The fraction of sp³-hybridized carbons (Fsp3) is 0.556. The van der Waals surface area contributed by atoms with Crippen LogP contribution in [0.5, 0.6) is 0 Å². The van der Waals surface area contributed by atoms with Crippen molar-refractivity contribution in [1.29, 1.82) is 0 Å². The number of piperidine rings is 1. The lowest BCUT2D eigenvalue weighted by Crippen LogP contribution is -2.43. The van der Waals surface area contributed by atoms with E-state index in [4.69, 9.17) is 0 Å². The maximum atomic E-state index is 12.5. The molecule has 2 amide bonds. The topological polar surface area (TPSA) is 52.7 Å². The van der Waals surface area contributed by atoms with E-state index in [1.807, 2.05) is 31.2 Å². The Morgan fingerprint density at radius 3 is 2.48 bits per heavy atom. The second-order valence-electron chi connectivity index (χ2n) is 6.52. The largest absolute Gasteiger partial charge is 0.304 e. The third-order valence-electron chi connectivity index (χ3n) is 4.71. The number of amides is 2. The van der Waals surface area contributed by atoms with Crippen LogP contribution in [-0.4, -0.2) is 48.9 Å². The number of benzene rings is 1. The Morgan fingerprint density at radius 1 is 1.09 bits per heavy atom. The van der Waals surface area contributed by atoms with E-state index in [2.05, 4.69) is 10.2 Å². The molecule has 5 heteroatoms. The zero-order valence-corrected chi connectivity index (χ0v) is 13.8. The molecule has 124 valence electrons. The van der Waals surface area contributed by atoms with Crippen molar-refractivity contribution in [2.24, 2.45) is 0 Å². The predicted octanol–water partition coefficient (Wildman–Crippen LogP) is 1.70. The van der Waals surface area contributed by atoms with Gasteiger partial charge in [0.25, 0.3) is 5.91 Å². The minimum atomic E-state index is -0.381. The molecule has 0 radical (unpaired) electrons. The molecule has 1 N–H and O–H groups in total. The zero-order valence-electron chi connectivity index (χ0n) is 13.8. The molecule has 1 atom stereocenters. The van der Waals surface area contributed by atoms with Gasteiger partial charge < -0.3 is 10.2 Å². The normalized spacial score (nSPS) is 22.8. The molecular formula is C18H25N3O2. The molecule has 2 fully saturated rings. The SMILES string of the molecule is Cc1ccc(N2C(=O)CC(NCCN3CCCCC3)C2=O)cc1. The second kappa shape index (κ2) is 7.23. The molecule has 0 saturated carbocycles. The van der Waals surface area contributed by atoms with Gasteiger partial charge in [-0.15, -0.1) is 0 Å². The highest BCUT2D eigenvalue weighted by Gasteiger charge is 2.39. The summed E-state index contributed by atoms with van der Waals surface area (Å²) in [5, 5.41) is 3.27. The molecule has 23 heavy (non-hydrogen) atoms. The van der Waals surface area contributed by atoms with E-state index >= 15 is 0 Å². The first kappa shape index (κ1) is 16.1. The first-order chi connectivity index (χ1) is 11.1. The van der Waals surface area contributed by atoms with Gasteiger partial charge in [-0.2, -0.15) is 0 Å². The first-order valence-corrected chi connectivity index (χ1v) is 8.54.